The molecule has 0 aliphatic heterocycles. The molecular weight excluding hydrogens is 360 g/mol. The Kier molecular flexibility index (Phi) is 3.77. The molecule has 0 atom stereocenters. The van der Waals surface area contributed by atoms with Gasteiger partial charge >= 0.3 is 0 Å². The van der Waals surface area contributed by atoms with Gasteiger partial charge in [-0.25, -0.2) is 0 Å². The van der Waals surface area contributed by atoms with Gasteiger partial charge in [-0.15, -0.1) is 22.7 Å². The van der Waals surface area contributed by atoms with Gasteiger partial charge < -0.3 is 0 Å². The quantitative estimate of drug-likeness (QED) is 0.716. The second kappa shape index (κ2) is 4.91. The van der Waals surface area contributed by atoms with Crippen molar-refractivity contribution < 1.29 is 4.79 Å². The van der Waals surface area contributed by atoms with E-state index in [0.717, 1.165) is 18.0 Å². The van der Waals surface area contributed by atoms with Crippen LogP contribution in [0.1, 0.15) is 15.2 Å². The lowest BCUT2D eigenvalue weighted by atomic mass is 10.1. The molecule has 0 unspecified atom stereocenters. The monoisotopic (exact) mass is 364 g/mol. The summed E-state index contributed by atoms with van der Waals surface area (Å²) >= 11 is 9.90. The van der Waals surface area contributed by atoms with E-state index in [2.05, 4.69) is 31.9 Å². The van der Waals surface area contributed by atoms with Gasteiger partial charge in [-0.3, -0.25) is 4.79 Å². The normalized spacial score (nSPS) is 10.5. The number of halogens is 2. The SMILES string of the molecule is O=C(Cc1ccc(Br)s1)c1ccsc1Br. The van der Waals surface area contributed by atoms with E-state index in [-0.39, 0.29) is 5.78 Å². The Morgan fingerprint density at radius 2 is 2.07 bits per heavy atom. The molecular formula is C10H6Br2OS2. The Labute approximate surface area is 112 Å². The molecule has 15 heavy (non-hydrogen) atoms. The van der Waals surface area contributed by atoms with Crippen molar-refractivity contribution in [3.8, 4) is 0 Å². The van der Waals surface area contributed by atoms with Crippen molar-refractivity contribution in [1.29, 1.82) is 0 Å². The third kappa shape index (κ3) is 2.78. The van der Waals surface area contributed by atoms with Crippen LogP contribution in [0.5, 0.6) is 0 Å². The average Bonchev–Trinajstić information content (AvgIpc) is 2.75. The van der Waals surface area contributed by atoms with E-state index in [0.29, 0.717) is 6.42 Å². The minimum atomic E-state index is 0.164. The van der Waals surface area contributed by atoms with Gasteiger partial charge in [0.2, 0.25) is 0 Å². The van der Waals surface area contributed by atoms with Crippen molar-refractivity contribution in [3.05, 3.63) is 41.6 Å². The molecule has 0 bridgehead atoms. The fourth-order valence-electron chi connectivity index (χ4n) is 1.19. The van der Waals surface area contributed by atoms with Crippen LogP contribution < -0.4 is 0 Å². The van der Waals surface area contributed by atoms with Crippen molar-refractivity contribution in [3.63, 3.8) is 0 Å². The van der Waals surface area contributed by atoms with Gasteiger partial charge in [0.1, 0.15) is 0 Å². The zero-order valence-electron chi connectivity index (χ0n) is 7.50. The molecule has 2 aromatic rings. The van der Waals surface area contributed by atoms with Gasteiger partial charge in [0.15, 0.2) is 5.78 Å². The highest BCUT2D eigenvalue weighted by Crippen LogP contribution is 2.27. The molecule has 0 amide bonds. The van der Waals surface area contributed by atoms with E-state index in [1.165, 1.54) is 11.3 Å². The van der Waals surface area contributed by atoms with Crippen molar-refractivity contribution in [1.82, 2.24) is 0 Å². The summed E-state index contributed by atoms with van der Waals surface area (Å²) in [6, 6.07) is 5.81. The van der Waals surface area contributed by atoms with E-state index in [4.69, 9.17) is 0 Å². The molecule has 0 saturated heterocycles. The summed E-state index contributed by atoms with van der Waals surface area (Å²) in [5, 5.41) is 1.92. The predicted molar refractivity (Wildman–Crippen MR) is 72.1 cm³/mol. The first-order valence-corrected chi connectivity index (χ1v) is 7.45. The van der Waals surface area contributed by atoms with Gasteiger partial charge in [0.05, 0.1) is 7.57 Å². The number of thiophene rings is 2. The lowest BCUT2D eigenvalue weighted by Crippen LogP contribution is -2.00. The van der Waals surface area contributed by atoms with Gasteiger partial charge in [-0.05, 0) is 55.4 Å². The van der Waals surface area contributed by atoms with Crippen LogP contribution in [-0.4, -0.2) is 5.78 Å². The van der Waals surface area contributed by atoms with Crippen LogP contribution in [-0.2, 0) is 6.42 Å². The van der Waals surface area contributed by atoms with Crippen LogP contribution in [0.3, 0.4) is 0 Å². The highest BCUT2D eigenvalue weighted by molar-refractivity contribution is 9.11. The smallest absolute Gasteiger partial charge is 0.170 e. The molecule has 0 aliphatic carbocycles. The second-order valence-corrected chi connectivity index (χ2v) is 7.70. The molecule has 0 spiro atoms. The van der Waals surface area contributed by atoms with Crippen LogP contribution >= 0.6 is 54.5 Å². The zero-order valence-corrected chi connectivity index (χ0v) is 12.3. The summed E-state index contributed by atoms with van der Waals surface area (Å²) in [6.45, 7) is 0. The first-order valence-electron chi connectivity index (χ1n) is 4.17. The molecule has 0 N–H and O–H groups in total. The summed E-state index contributed by atoms with van der Waals surface area (Å²) in [5.41, 5.74) is 0.782. The van der Waals surface area contributed by atoms with Gasteiger partial charge in [0.25, 0.3) is 0 Å². The van der Waals surface area contributed by atoms with Gasteiger partial charge in [-0.1, -0.05) is 0 Å². The molecule has 0 aromatic carbocycles. The molecule has 0 fully saturated rings. The molecule has 0 saturated carbocycles. The van der Waals surface area contributed by atoms with E-state index >= 15 is 0 Å². The standard InChI is InChI=1S/C10H6Br2OS2/c11-9-2-1-6(15-9)5-8(13)7-3-4-14-10(7)12/h1-4H,5H2. The fourth-order valence-corrected chi connectivity index (χ4v) is 3.98. The highest BCUT2D eigenvalue weighted by atomic mass is 79.9. The third-order valence-corrected chi connectivity index (χ3v) is 5.19. The summed E-state index contributed by atoms with van der Waals surface area (Å²) in [7, 11) is 0. The number of ketones is 1. The summed E-state index contributed by atoms with van der Waals surface area (Å²) in [6.07, 6.45) is 0.478. The van der Waals surface area contributed by atoms with Crippen LogP contribution in [0, 0.1) is 0 Å². The topological polar surface area (TPSA) is 17.1 Å². The maximum atomic E-state index is 11.9. The number of carbonyl (C=O) groups is 1. The molecule has 0 aliphatic rings. The minimum Gasteiger partial charge on any atom is -0.294 e. The molecule has 5 heteroatoms. The largest absolute Gasteiger partial charge is 0.294 e. The Morgan fingerprint density at radius 1 is 1.27 bits per heavy atom. The van der Waals surface area contributed by atoms with Gasteiger partial charge in [-0.2, -0.15) is 0 Å². The Balaban J connectivity index is 2.14. The van der Waals surface area contributed by atoms with Crippen LogP contribution in [0.25, 0.3) is 0 Å². The van der Waals surface area contributed by atoms with E-state index < -0.39 is 0 Å². The summed E-state index contributed by atoms with van der Waals surface area (Å²) in [5.74, 6) is 0.164. The molecule has 2 rings (SSSR count). The zero-order chi connectivity index (χ0) is 10.8. The lowest BCUT2D eigenvalue weighted by molar-refractivity contribution is 0.0993. The van der Waals surface area contributed by atoms with E-state index in [1.54, 1.807) is 11.3 Å². The number of hydrogen-bond acceptors (Lipinski definition) is 3. The second-order valence-electron chi connectivity index (χ2n) is 2.91. The number of rotatable bonds is 3. The first-order chi connectivity index (χ1) is 7.16. The molecule has 2 heterocycles. The first kappa shape index (κ1) is 11.5. The maximum Gasteiger partial charge on any atom is 0.170 e. The highest BCUT2D eigenvalue weighted by Gasteiger charge is 2.12. The van der Waals surface area contributed by atoms with E-state index in [1.807, 2.05) is 23.6 Å². The molecule has 2 aromatic heterocycles. The van der Waals surface area contributed by atoms with E-state index in [9.17, 15) is 4.79 Å². The average molecular weight is 366 g/mol. The number of hydrogen-bond donors (Lipinski definition) is 0. The third-order valence-electron chi connectivity index (χ3n) is 1.88. The van der Waals surface area contributed by atoms with Crippen LogP contribution in [0.2, 0.25) is 0 Å². The van der Waals surface area contributed by atoms with Crippen LogP contribution in [0.4, 0.5) is 0 Å². The van der Waals surface area contributed by atoms with Crippen molar-refractivity contribution in [2.75, 3.05) is 0 Å². The van der Waals surface area contributed by atoms with Gasteiger partial charge in [0, 0.05) is 16.9 Å². The maximum absolute atomic E-state index is 11.9. The van der Waals surface area contributed by atoms with Crippen molar-refractivity contribution in [2.24, 2.45) is 0 Å². The lowest BCUT2D eigenvalue weighted by Gasteiger charge is -1.96. The van der Waals surface area contributed by atoms with Crippen molar-refractivity contribution in [2.45, 2.75) is 6.42 Å². The molecule has 78 valence electrons. The predicted octanol–water partition coefficient (Wildman–Crippen LogP) is 4.76. The van der Waals surface area contributed by atoms with Crippen molar-refractivity contribution >= 4 is 60.3 Å². The minimum absolute atomic E-state index is 0.164. The Bertz CT molecular complexity index is 487. The Morgan fingerprint density at radius 3 is 2.60 bits per heavy atom. The van der Waals surface area contributed by atoms with Crippen LogP contribution in [0.15, 0.2) is 31.2 Å². The summed E-state index contributed by atoms with van der Waals surface area (Å²) < 4.78 is 1.98. The molecule has 0 radical (unpaired) electrons. The Hall–Kier alpha value is 0.0300. The molecule has 1 nitrogen and oxygen atoms in total. The summed E-state index contributed by atoms with van der Waals surface area (Å²) in [4.78, 5) is 13.0. The number of carbonyl (C=O) groups excluding carboxylic acids is 1. The fraction of sp³-hybridized carbons (Fsp3) is 0.100. The number of Topliss-reactive ketones (excluding diaryl/α,β-unsaturated/α-hetero) is 1.